The Bertz CT molecular complexity index is 557. The van der Waals surface area contributed by atoms with Gasteiger partial charge in [-0.1, -0.05) is 0 Å². The summed E-state index contributed by atoms with van der Waals surface area (Å²) in [6, 6.07) is 0. The Morgan fingerprint density at radius 2 is 2.16 bits per heavy atom. The van der Waals surface area contributed by atoms with E-state index in [1.165, 1.54) is 18.6 Å². The first kappa shape index (κ1) is 22.8. The van der Waals surface area contributed by atoms with E-state index in [9.17, 15) is 13.2 Å². The standard InChI is InChI=1S/C15H23F3N4S2.HI/c1-3-19-13(21-10-14(2)6-4-8-24-14)20-7-5-12-22-11(9-23-12)15(16,17)18;/h9H,3-8,10H2,1-2H3,(H2,19,20,21);1H. The summed E-state index contributed by atoms with van der Waals surface area (Å²) < 4.78 is 37.8. The molecule has 0 amide bonds. The second-order valence-corrected chi connectivity index (χ2v) is 8.52. The number of thioether (sulfide) groups is 1. The van der Waals surface area contributed by atoms with Crippen LogP contribution in [0.1, 0.15) is 37.4 Å². The Morgan fingerprint density at radius 3 is 2.72 bits per heavy atom. The third-order valence-corrected chi connectivity index (χ3v) is 6.12. The average molecular weight is 508 g/mol. The maximum Gasteiger partial charge on any atom is 0.434 e. The molecular formula is C15H24F3IN4S2. The zero-order valence-corrected chi connectivity index (χ0v) is 18.2. The first-order valence-corrected chi connectivity index (χ1v) is 9.87. The van der Waals surface area contributed by atoms with E-state index in [0.29, 0.717) is 23.9 Å². The van der Waals surface area contributed by atoms with Crippen LogP contribution in [-0.2, 0) is 12.6 Å². The molecule has 4 nitrogen and oxygen atoms in total. The molecule has 0 aliphatic carbocycles. The van der Waals surface area contributed by atoms with Gasteiger partial charge in [-0.15, -0.1) is 35.3 Å². The quantitative estimate of drug-likeness (QED) is 0.344. The van der Waals surface area contributed by atoms with Gasteiger partial charge in [0.05, 0.1) is 11.6 Å². The molecule has 2 N–H and O–H groups in total. The molecule has 25 heavy (non-hydrogen) atoms. The Balaban J connectivity index is 0.00000312. The van der Waals surface area contributed by atoms with Gasteiger partial charge in [-0.3, -0.25) is 4.99 Å². The van der Waals surface area contributed by atoms with Gasteiger partial charge in [-0.25, -0.2) is 4.98 Å². The predicted octanol–water partition coefficient (Wildman–Crippen LogP) is 4.16. The predicted molar refractivity (Wildman–Crippen MR) is 110 cm³/mol. The topological polar surface area (TPSA) is 49.3 Å². The molecule has 1 aliphatic heterocycles. The minimum absolute atomic E-state index is 0. The van der Waals surface area contributed by atoms with E-state index in [1.807, 2.05) is 18.7 Å². The molecule has 1 aliphatic rings. The lowest BCUT2D eigenvalue weighted by Gasteiger charge is -2.21. The van der Waals surface area contributed by atoms with Gasteiger partial charge in [0.15, 0.2) is 11.7 Å². The molecule has 0 aromatic carbocycles. The molecule has 1 fully saturated rings. The van der Waals surface area contributed by atoms with Gasteiger partial charge in [-0.05, 0) is 32.4 Å². The highest BCUT2D eigenvalue weighted by molar-refractivity contribution is 14.0. The van der Waals surface area contributed by atoms with E-state index in [1.54, 1.807) is 0 Å². The SMILES string of the molecule is CCNC(=NCC1(C)CCCS1)NCCc1nc(C(F)(F)F)cs1.I. The Morgan fingerprint density at radius 1 is 1.40 bits per heavy atom. The third-order valence-electron chi connectivity index (χ3n) is 3.69. The molecule has 1 unspecified atom stereocenters. The lowest BCUT2D eigenvalue weighted by Crippen LogP contribution is -2.39. The van der Waals surface area contributed by atoms with Crippen LogP contribution in [-0.4, -0.2) is 41.1 Å². The van der Waals surface area contributed by atoms with Gasteiger partial charge in [0, 0.05) is 29.6 Å². The van der Waals surface area contributed by atoms with Gasteiger partial charge in [-0.2, -0.15) is 24.9 Å². The fraction of sp³-hybridized carbons (Fsp3) is 0.733. The summed E-state index contributed by atoms with van der Waals surface area (Å²) >= 11 is 2.99. The lowest BCUT2D eigenvalue weighted by atomic mass is 10.1. The molecule has 144 valence electrons. The van der Waals surface area contributed by atoms with E-state index in [0.717, 1.165) is 29.8 Å². The monoisotopic (exact) mass is 508 g/mol. The van der Waals surface area contributed by atoms with Gasteiger partial charge in [0.25, 0.3) is 0 Å². The summed E-state index contributed by atoms with van der Waals surface area (Å²) in [7, 11) is 0. The summed E-state index contributed by atoms with van der Waals surface area (Å²) in [5.74, 6) is 1.89. The van der Waals surface area contributed by atoms with Crippen LogP contribution >= 0.6 is 47.1 Å². The maximum atomic E-state index is 12.5. The number of aliphatic imine (C=N–C) groups is 1. The van der Waals surface area contributed by atoms with E-state index < -0.39 is 11.9 Å². The average Bonchev–Trinajstić information content (AvgIpc) is 3.14. The van der Waals surface area contributed by atoms with Crippen molar-refractivity contribution in [2.75, 3.05) is 25.4 Å². The van der Waals surface area contributed by atoms with E-state index in [2.05, 4.69) is 27.5 Å². The van der Waals surface area contributed by atoms with Gasteiger partial charge in [0.1, 0.15) is 0 Å². The van der Waals surface area contributed by atoms with Crippen LogP contribution in [0.5, 0.6) is 0 Å². The van der Waals surface area contributed by atoms with Crippen molar-refractivity contribution in [3.05, 3.63) is 16.1 Å². The first-order chi connectivity index (χ1) is 11.3. The minimum atomic E-state index is -4.37. The molecule has 10 heteroatoms. The van der Waals surface area contributed by atoms with Crippen LogP contribution in [0.4, 0.5) is 13.2 Å². The molecule has 0 bridgehead atoms. The van der Waals surface area contributed by atoms with Crippen molar-refractivity contribution in [2.45, 2.75) is 44.0 Å². The van der Waals surface area contributed by atoms with Crippen molar-refractivity contribution >= 4 is 53.0 Å². The van der Waals surface area contributed by atoms with Crippen LogP contribution < -0.4 is 10.6 Å². The van der Waals surface area contributed by atoms with Crippen LogP contribution in [0.3, 0.4) is 0 Å². The van der Waals surface area contributed by atoms with Crippen molar-refractivity contribution in [1.82, 2.24) is 15.6 Å². The number of nitrogens with zero attached hydrogens (tertiary/aromatic N) is 2. The summed E-state index contributed by atoms with van der Waals surface area (Å²) in [4.78, 5) is 8.25. The van der Waals surface area contributed by atoms with Crippen LogP contribution in [0.25, 0.3) is 0 Å². The molecule has 1 saturated heterocycles. The number of guanidine groups is 1. The van der Waals surface area contributed by atoms with Crippen LogP contribution in [0.15, 0.2) is 10.4 Å². The van der Waals surface area contributed by atoms with E-state index in [-0.39, 0.29) is 28.7 Å². The summed E-state index contributed by atoms with van der Waals surface area (Å²) in [6.45, 7) is 6.19. The van der Waals surface area contributed by atoms with E-state index in [4.69, 9.17) is 0 Å². The van der Waals surface area contributed by atoms with Crippen LogP contribution in [0, 0.1) is 0 Å². The largest absolute Gasteiger partial charge is 0.434 e. The first-order valence-electron chi connectivity index (χ1n) is 8.00. The Hall–Kier alpha value is -0.230. The number of alkyl halides is 3. The van der Waals surface area contributed by atoms with E-state index >= 15 is 0 Å². The second-order valence-electron chi connectivity index (χ2n) is 5.90. The smallest absolute Gasteiger partial charge is 0.357 e. The zero-order chi connectivity index (χ0) is 17.6. The Labute approximate surface area is 171 Å². The summed E-state index contributed by atoms with van der Waals surface area (Å²) in [5.41, 5.74) is -0.811. The third kappa shape index (κ3) is 7.49. The van der Waals surface area contributed by atoms with Gasteiger partial charge < -0.3 is 10.6 Å². The number of hydrogen-bond donors (Lipinski definition) is 2. The highest BCUT2D eigenvalue weighted by Gasteiger charge is 2.33. The molecular weight excluding hydrogens is 484 g/mol. The highest BCUT2D eigenvalue weighted by Crippen LogP contribution is 2.37. The molecule has 0 spiro atoms. The number of nitrogens with one attached hydrogen (secondary N) is 2. The number of rotatable bonds is 6. The van der Waals surface area contributed by atoms with Gasteiger partial charge >= 0.3 is 6.18 Å². The highest BCUT2D eigenvalue weighted by atomic mass is 127. The number of thiazole rings is 1. The number of hydrogen-bond acceptors (Lipinski definition) is 4. The molecule has 0 saturated carbocycles. The van der Waals surface area contributed by atoms with Crippen LogP contribution in [0.2, 0.25) is 0 Å². The minimum Gasteiger partial charge on any atom is -0.357 e. The lowest BCUT2D eigenvalue weighted by molar-refractivity contribution is -0.140. The van der Waals surface area contributed by atoms with Crippen molar-refractivity contribution in [1.29, 1.82) is 0 Å². The normalized spacial score (nSPS) is 21.1. The summed E-state index contributed by atoms with van der Waals surface area (Å²) in [5, 5.41) is 7.88. The van der Waals surface area contributed by atoms with Crippen molar-refractivity contribution < 1.29 is 13.2 Å². The van der Waals surface area contributed by atoms with Crippen molar-refractivity contribution in [3.8, 4) is 0 Å². The fourth-order valence-electron chi connectivity index (χ4n) is 2.39. The molecule has 2 rings (SSSR count). The number of aromatic nitrogens is 1. The molecule has 0 radical (unpaired) electrons. The Kier molecular flexibility index (Phi) is 9.30. The second kappa shape index (κ2) is 10.2. The van der Waals surface area contributed by atoms with Gasteiger partial charge in [0.2, 0.25) is 0 Å². The molecule has 1 aromatic rings. The molecule has 2 heterocycles. The fourth-order valence-corrected chi connectivity index (χ4v) is 4.42. The number of halogens is 4. The maximum absolute atomic E-state index is 12.5. The molecule has 1 atom stereocenters. The van der Waals surface area contributed by atoms with Crippen molar-refractivity contribution in [3.63, 3.8) is 0 Å². The zero-order valence-electron chi connectivity index (χ0n) is 14.3. The summed E-state index contributed by atoms with van der Waals surface area (Å²) in [6.07, 6.45) is -1.53. The van der Waals surface area contributed by atoms with Crippen molar-refractivity contribution in [2.24, 2.45) is 4.99 Å². The molecule has 1 aromatic heterocycles.